The van der Waals surface area contributed by atoms with Crippen LogP contribution in [0.4, 0.5) is 0 Å². The maximum absolute atomic E-state index is 2.46. The molecule has 0 unspecified atom stereocenters. The Balaban J connectivity index is 0.00000165. The van der Waals surface area contributed by atoms with Crippen molar-refractivity contribution in [1.82, 2.24) is 0 Å². The van der Waals surface area contributed by atoms with Crippen LogP contribution in [-0.2, 0) is 6.42 Å². The standard InChI is InChI=1S/C46H34.C2H6/c1-30-19-21-32(22-20-30)45-40-17-9-10-18-41(40)46(43-29-36-13-7-8-14-37(36)38-15-3-2-4-16-39(38)43)44-28-35(25-26-42(44)45)34-24-23-31-11-5-6-12-33(31)27-34;1-2/h4-14,16-29H,2-3,15H2,1H3;1-2H3. The summed E-state index contributed by atoms with van der Waals surface area (Å²) >= 11 is 0. The second-order valence-electron chi connectivity index (χ2n) is 12.8. The first-order valence-corrected chi connectivity index (χ1v) is 17.5. The van der Waals surface area contributed by atoms with Gasteiger partial charge >= 0.3 is 0 Å². The van der Waals surface area contributed by atoms with Crippen molar-refractivity contribution in [2.45, 2.75) is 40.0 Å². The third-order valence-electron chi connectivity index (χ3n) is 10.00. The topological polar surface area (TPSA) is 0 Å². The minimum absolute atomic E-state index is 1.09. The van der Waals surface area contributed by atoms with Crippen molar-refractivity contribution in [2.75, 3.05) is 0 Å². The van der Waals surface area contributed by atoms with Gasteiger partial charge in [-0.15, -0.1) is 0 Å². The van der Waals surface area contributed by atoms with Gasteiger partial charge in [0.15, 0.2) is 0 Å². The minimum Gasteiger partial charge on any atom is -0.0839 e. The normalized spacial score (nSPS) is 12.6. The van der Waals surface area contributed by atoms with Crippen LogP contribution < -0.4 is 0 Å². The van der Waals surface area contributed by atoms with Crippen molar-refractivity contribution in [3.63, 3.8) is 0 Å². The maximum Gasteiger partial charge on any atom is -0.00198 e. The Morgan fingerprint density at radius 3 is 1.85 bits per heavy atom. The second-order valence-corrected chi connectivity index (χ2v) is 12.8. The summed E-state index contributed by atoms with van der Waals surface area (Å²) in [6.07, 6.45) is 8.18. The zero-order valence-electron chi connectivity index (χ0n) is 28.1. The lowest BCUT2D eigenvalue weighted by Gasteiger charge is -2.22. The van der Waals surface area contributed by atoms with Gasteiger partial charge in [-0.25, -0.2) is 0 Å². The molecule has 1 aliphatic carbocycles. The number of benzene rings is 8. The average Bonchev–Trinajstić information content (AvgIpc) is 3.41. The lowest BCUT2D eigenvalue weighted by Crippen LogP contribution is -1.97. The van der Waals surface area contributed by atoms with Crippen LogP contribution in [-0.4, -0.2) is 0 Å². The predicted octanol–water partition coefficient (Wildman–Crippen LogP) is 14.0. The van der Waals surface area contributed by atoms with E-state index in [2.05, 4.69) is 159 Å². The van der Waals surface area contributed by atoms with Gasteiger partial charge in [-0.2, -0.15) is 0 Å². The number of hydrogen-bond acceptors (Lipinski definition) is 0. The Morgan fingerprint density at radius 1 is 0.458 bits per heavy atom. The van der Waals surface area contributed by atoms with E-state index in [1.54, 1.807) is 0 Å². The van der Waals surface area contributed by atoms with Crippen molar-refractivity contribution in [2.24, 2.45) is 0 Å². The molecular weight excluding hydrogens is 577 g/mol. The van der Waals surface area contributed by atoms with E-state index in [0.717, 1.165) is 12.8 Å². The Labute approximate surface area is 284 Å². The molecule has 232 valence electrons. The van der Waals surface area contributed by atoms with E-state index in [1.165, 1.54) is 99.6 Å². The van der Waals surface area contributed by atoms with Crippen LogP contribution in [0.3, 0.4) is 0 Å². The molecule has 0 bridgehead atoms. The first kappa shape index (κ1) is 29.9. The molecule has 0 N–H and O–H groups in total. The number of allylic oxidation sites excluding steroid dienone is 1. The molecule has 0 heteroatoms. The number of hydrogen-bond donors (Lipinski definition) is 0. The summed E-state index contributed by atoms with van der Waals surface area (Å²) in [4.78, 5) is 0. The third kappa shape index (κ3) is 5.09. The Morgan fingerprint density at radius 2 is 1.06 bits per heavy atom. The molecule has 9 rings (SSSR count). The quantitative estimate of drug-likeness (QED) is 0.173. The van der Waals surface area contributed by atoms with Crippen LogP contribution in [0.15, 0.2) is 146 Å². The molecule has 0 radical (unpaired) electrons. The summed E-state index contributed by atoms with van der Waals surface area (Å²) in [5, 5.41) is 10.4. The van der Waals surface area contributed by atoms with Crippen LogP contribution in [0.5, 0.6) is 0 Å². The van der Waals surface area contributed by atoms with E-state index in [4.69, 9.17) is 0 Å². The lowest BCUT2D eigenvalue weighted by atomic mass is 9.81. The monoisotopic (exact) mass is 616 g/mol. The van der Waals surface area contributed by atoms with Gasteiger partial charge in [0.25, 0.3) is 0 Å². The highest BCUT2D eigenvalue weighted by atomic mass is 14.2. The smallest absolute Gasteiger partial charge is 0.00198 e. The fourth-order valence-corrected chi connectivity index (χ4v) is 7.75. The molecule has 0 fully saturated rings. The molecule has 0 heterocycles. The van der Waals surface area contributed by atoms with Crippen molar-refractivity contribution in [1.29, 1.82) is 0 Å². The van der Waals surface area contributed by atoms with Crippen molar-refractivity contribution in [3.05, 3.63) is 162 Å². The molecule has 48 heavy (non-hydrogen) atoms. The van der Waals surface area contributed by atoms with Gasteiger partial charge in [-0.1, -0.05) is 153 Å². The highest BCUT2D eigenvalue weighted by Gasteiger charge is 2.22. The molecule has 0 aromatic heterocycles. The average molecular weight is 617 g/mol. The van der Waals surface area contributed by atoms with Crippen molar-refractivity contribution in [3.8, 4) is 33.4 Å². The van der Waals surface area contributed by atoms with Crippen LogP contribution in [0, 0.1) is 6.92 Å². The van der Waals surface area contributed by atoms with Crippen LogP contribution >= 0.6 is 0 Å². The van der Waals surface area contributed by atoms with Crippen molar-refractivity contribution >= 4 is 49.2 Å². The lowest BCUT2D eigenvalue weighted by molar-refractivity contribution is 0.857. The first-order valence-electron chi connectivity index (χ1n) is 17.5. The molecule has 0 saturated carbocycles. The van der Waals surface area contributed by atoms with Crippen LogP contribution in [0.2, 0.25) is 0 Å². The summed E-state index contributed by atoms with van der Waals surface area (Å²) in [6.45, 7) is 6.16. The largest absolute Gasteiger partial charge is 0.0839 e. The van der Waals surface area contributed by atoms with Crippen LogP contribution in [0.1, 0.15) is 43.4 Å². The van der Waals surface area contributed by atoms with E-state index < -0.39 is 0 Å². The Kier molecular flexibility index (Phi) is 7.87. The zero-order valence-corrected chi connectivity index (χ0v) is 28.1. The second kappa shape index (κ2) is 12.6. The summed E-state index contributed by atoms with van der Waals surface area (Å²) < 4.78 is 0. The van der Waals surface area contributed by atoms with E-state index in [1.807, 2.05) is 13.8 Å². The molecular formula is C48H40. The third-order valence-corrected chi connectivity index (χ3v) is 10.00. The van der Waals surface area contributed by atoms with Gasteiger partial charge in [0.2, 0.25) is 0 Å². The Bertz CT molecular complexity index is 2490. The molecule has 0 saturated heterocycles. The number of rotatable bonds is 3. The minimum atomic E-state index is 1.09. The summed E-state index contributed by atoms with van der Waals surface area (Å²) in [6, 6.07) is 52.2. The highest BCUT2D eigenvalue weighted by molar-refractivity contribution is 6.23. The molecule has 8 aromatic rings. The maximum atomic E-state index is 2.46. The first-order chi connectivity index (χ1) is 23.7. The fourth-order valence-electron chi connectivity index (χ4n) is 7.75. The predicted molar refractivity (Wildman–Crippen MR) is 211 cm³/mol. The highest BCUT2D eigenvalue weighted by Crippen LogP contribution is 2.47. The van der Waals surface area contributed by atoms with Gasteiger partial charge in [0.1, 0.15) is 0 Å². The van der Waals surface area contributed by atoms with E-state index in [9.17, 15) is 0 Å². The molecule has 0 aliphatic heterocycles. The number of fused-ring (bicyclic) bond motifs is 6. The van der Waals surface area contributed by atoms with Gasteiger partial charge < -0.3 is 0 Å². The molecule has 0 atom stereocenters. The van der Waals surface area contributed by atoms with E-state index in [0.29, 0.717) is 0 Å². The van der Waals surface area contributed by atoms with E-state index >= 15 is 0 Å². The SMILES string of the molecule is CC.Cc1ccc(-c2c3ccccc3c(-c3cc4ccccc4c4c3C=CCCC4)c3cc(-c4ccc5ccccc5c4)ccc23)cc1. The van der Waals surface area contributed by atoms with Crippen LogP contribution in [0.25, 0.3) is 82.5 Å². The van der Waals surface area contributed by atoms with Crippen molar-refractivity contribution < 1.29 is 0 Å². The van der Waals surface area contributed by atoms with Gasteiger partial charge in [0, 0.05) is 0 Å². The molecule has 0 nitrogen and oxygen atoms in total. The van der Waals surface area contributed by atoms with Gasteiger partial charge in [0.05, 0.1) is 0 Å². The van der Waals surface area contributed by atoms with Gasteiger partial charge in [-0.05, 0) is 132 Å². The Hall–Kier alpha value is -5.46. The molecule has 8 aromatic carbocycles. The van der Waals surface area contributed by atoms with Gasteiger partial charge in [-0.3, -0.25) is 0 Å². The summed E-state index contributed by atoms with van der Waals surface area (Å²) in [5.74, 6) is 0. The summed E-state index contributed by atoms with van der Waals surface area (Å²) in [5.41, 5.74) is 11.8. The zero-order chi connectivity index (χ0) is 32.6. The van der Waals surface area contributed by atoms with E-state index in [-0.39, 0.29) is 0 Å². The molecule has 0 amide bonds. The summed E-state index contributed by atoms with van der Waals surface area (Å²) in [7, 11) is 0. The fraction of sp³-hybridized carbons (Fsp3) is 0.125. The number of aryl methyl sites for hydroxylation is 2. The molecule has 1 aliphatic rings. The molecule has 0 spiro atoms.